The van der Waals surface area contributed by atoms with Crippen LogP contribution in [0.15, 0.2) is 35.2 Å². The molecule has 1 aliphatic rings. The van der Waals surface area contributed by atoms with Crippen LogP contribution in [0.25, 0.3) is 5.82 Å². The number of hydrogen-bond donors (Lipinski definition) is 3. The number of anilines is 1. The average molecular weight is 419 g/mol. The van der Waals surface area contributed by atoms with Crippen molar-refractivity contribution >= 4 is 5.82 Å². The molecular weight excluding hydrogens is 392 g/mol. The predicted octanol–water partition coefficient (Wildman–Crippen LogP) is 4.34. The van der Waals surface area contributed by atoms with Gasteiger partial charge in [-0.15, -0.1) is 0 Å². The van der Waals surface area contributed by atoms with Gasteiger partial charge in [-0.2, -0.15) is 10.2 Å². The van der Waals surface area contributed by atoms with E-state index in [1.54, 1.807) is 30.1 Å². The minimum atomic E-state index is -2.58. The average Bonchev–Trinajstić information content (AvgIpc) is 3.05. The van der Waals surface area contributed by atoms with Crippen LogP contribution in [0.3, 0.4) is 0 Å². The number of aromatic nitrogens is 3. The number of alkyl halides is 2. The van der Waals surface area contributed by atoms with Crippen LogP contribution in [0, 0.1) is 19.4 Å². The number of rotatable bonds is 8. The van der Waals surface area contributed by atoms with Gasteiger partial charge in [0.25, 0.3) is 0 Å². The Morgan fingerprint density at radius 3 is 2.67 bits per heavy atom. The Labute approximate surface area is 174 Å². The van der Waals surface area contributed by atoms with Crippen molar-refractivity contribution in [2.24, 2.45) is 5.11 Å². The number of hydrogen-bond acceptors (Lipinski definition) is 7. The van der Waals surface area contributed by atoms with Gasteiger partial charge in [0, 0.05) is 50.0 Å². The second-order valence-electron chi connectivity index (χ2n) is 7.48. The van der Waals surface area contributed by atoms with Crippen molar-refractivity contribution in [2.45, 2.75) is 51.5 Å². The first-order valence-electron chi connectivity index (χ1n) is 9.86. The summed E-state index contributed by atoms with van der Waals surface area (Å²) in [5, 5.41) is 14.0. The zero-order valence-electron chi connectivity index (χ0n) is 17.4. The van der Waals surface area contributed by atoms with Gasteiger partial charge in [0.2, 0.25) is 5.92 Å². The standard InChI is InChI=1S/C20H27F2N7O/c1-13-8-14(2)29(28-13)19-10-17(30-12-16(27-23)11-24-3)9-18(26-19)25-15-4-6-20(21,22)7-5-15/h8-11,15,23-24H,4-7,12H2,1-3H3,(H,25,26)/b16-11-,27-23?. The lowest BCUT2D eigenvalue weighted by atomic mass is 9.92. The van der Waals surface area contributed by atoms with Crippen molar-refractivity contribution in [3.8, 4) is 11.6 Å². The molecule has 8 nitrogen and oxygen atoms in total. The molecule has 0 bridgehead atoms. The van der Waals surface area contributed by atoms with Gasteiger partial charge in [0.05, 0.1) is 5.69 Å². The third-order valence-corrected chi connectivity index (χ3v) is 4.92. The van der Waals surface area contributed by atoms with Crippen molar-refractivity contribution in [3.05, 3.63) is 41.5 Å². The molecule has 1 saturated carbocycles. The van der Waals surface area contributed by atoms with Crippen LogP contribution >= 0.6 is 0 Å². The van der Waals surface area contributed by atoms with Crippen molar-refractivity contribution in [1.82, 2.24) is 20.1 Å². The molecule has 0 amide bonds. The lowest BCUT2D eigenvalue weighted by Crippen LogP contribution is -2.32. The Bertz CT molecular complexity index is 916. The van der Waals surface area contributed by atoms with E-state index in [1.165, 1.54) is 0 Å². The molecule has 0 saturated heterocycles. The van der Waals surface area contributed by atoms with E-state index in [-0.39, 0.29) is 25.5 Å². The second-order valence-corrected chi connectivity index (χ2v) is 7.48. The first-order valence-corrected chi connectivity index (χ1v) is 9.86. The van der Waals surface area contributed by atoms with Crippen LogP contribution in [0.4, 0.5) is 14.6 Å². The maximum absolute atomic E-state index is 13.5. The van der Waals surface area contributed by atoms with Gasteiger partial charge in [-0.25, -0.2) is 24.0 Å². The molecule has 0 aliphatic heterocycles. The fraction of sp³-hybridized carbons (Fsp3) is 0.500. The molecule has 0 spiro atoms. The van der Waals surface area contributed by atoms with E-state index in [0.717, 1.165) is 11.4 Å². The molecule has 3 N–H and O–H groups in total. The molecule has 0 atom stereocenters. The minimum Gasteiger partial charge on any atom is -0.487 e. The van der Waals surface area contributed by atoms with Gasteiger partial charge in [0.15, 0.2) is 5.82 Å². The Hall–Kier alpha value is -3.04. The van der Waals surface area contributed by atoms with Gasteiger partial charge in [-0.3, -0.25) is 0 Å². The summed E-state index contributed by atoms with van der Waals surface area (Å²) in [7, 11) is 1.72. The lowest BCUT2D eigenvalue weighted by molar-refractivity contribution is -0.0361. The quantitative estimate of drug-likeness (QED) is 0.553. The molecule has 162 valence electrons. The van der Waals surface area contributed by atoms with Crippen LogP contribution in [-0.4, -0.2) is 40.4 Å². The van der Waals surface area contributed by atoms with E-state index < -0.39 is 5.92 Å². The van der Waals surface area contributed by atoms with E-state index in [1.807, 2.05) is 19.9 Å². The molecule has 2 aromatic rings. The summed E-state index contributed by atoms with van der Waals surface area (Å²) >= 11 is 0. The summed E-state index contributed by atoms with van der Waals surface area (Å²) < 4.78 is 34.5. The molecule has 10 heteroatoms. The van der Waals surface area contributed by atoms with Crippen LogP contribution < -0.4 is 15.4 Å². The Balaban J connectivity index is 1.85. The SMILES string of the molecule is CN/C=C(/COc1cc(NC2CCC(F)(F)CC2)nc(-n2nc(C)cc2C)c1)N=N. The van der Waals surface area contributed by atoms with Gasteiger partial charge in [-0.1, -0.05) is 0 Å². The Morgan fingerprint density at radius 1 is 1.33 bits per heavy atom. The van der Waals surface area contributed by atoms with Crippen LogP contribution in [0.5, 0.6) is 5.75 Å². The number of halogens is 2. The lowest BCUT2D eigenvalue weighted by Gasteiger charge is -2.29. The van der Waals surface area contributed by atoms with Crippen LogP contribution in [0.1, 0.15) is 37.1 Å². The molecule has 3 rings (SSSR count). The first kappa shape index (κ1) is 21.7. The zero-order valence-corrected chi connectivity index (χ0v) is 17.4. The van der Waals surface area contributed by atoms with Crippen molar-refractivity contribution < 1.29 is 13.5 Å². The van der Waals surface area contributed by atoms with E-state index in [4.69, 9.17) is 10.3 Å². The minimum absolute atomic E-state index is 0.0799. The number of nitrogens with zero attached hydrogens (tertiary/aromatic N) is 4. The van der Waals surface area contributed by atoms with Crippen LogP contribution in [-0.2, 0) is 0 Å². The number of ether oxygens (including phenoxy) is 1. The summed E-state index contributed by atoms with van der Waals surface area (Å²) in [4.78, 5) is 4.63. The molecule has 30 heavy (non-hydrogen) atoms. The maximum Gasteiger partial charge on any atom is 0.248 e. The highest BCUT2D eigenvalue weighted by Crippen LogP contribution is 2.34. The van der Waals surface area contributed by atoms with E-state index >= 15 is 0 Å². The molecule has 0 aromatic carbocycles. The zero-order chi connectivity index (χ0) is 21.7. The summed E-state index contributed by atoms with van der Waals surface area (Å²) in [6, 6.07) is 5.34. The van der Waals surface area contributed by atoms with Crippen molar-refractivity contribution in [3.63, 3.8) is 0 Å². The van der Waals surface area contributed by atoms with Gasteiger partial charge in [-0.05, 0) is 32.8 Å². The normalized spacial score (nSPS) is 16.9. The van der Waals surface area contributed by atoms with Gasteiger partial charge in [0.1, 0.15) is 23.9 Å². The molecule has 1 fully saturated rings. The summed E-state index contributed by atoms with van der Waals surface area (Å²) in [5.41, 5.74) is 9.41. The highest BCUT2D eigenvalue weighted by atomic mass is 19.3. The third-order valence-electron chi connectivity index (χ3n) is 4.92. The smallest absolute Gasteiger partial charge is 0.248 e. The van der Waals surface area contributed by atoms with Crippen molar-refractivity contribution in [1.29, 1.82) is 5.53 Å². The molecule has 0 unspecified atom stereocenters. The Kier molecular flexibility index (Phi) is 6.63. The first-order chi connectivity index (χ1) is 14.3. The van der Waals surface area contributed by atoms with E-state index in [0.29, 0.717) is 35.9 Å². The number of nitrogens with one attached hydrogen (secondary N) is 3. The van der Waals surface area contributed by atoms with Crippen molar-refractivity contribution in [2.75, 3.05) is 19.0 Å². The largest absolute Gasteiger partial charge is 0.487 e. The summed E-state index contributed by atoms with van der Waals surface area (Å²) in [5.74, 6) is -0.973. The Morgan fingerprint density at radius 2 is 2.07 bits per heavy atom. The molecule has 2 aromatic heterocycles. The number of pyridine rings is 1. The molecule has 2 heterocycles. The predicted molar refractivity (Wildman–Crippen MR) is 109 cm³/mol. The van der Waals surface area contributed by atoms with Gasteiger partial charge < -0.3 is 15.4 Å². The van der Waals surface area contributed by atoms with Gasteiger partial charge >= 0.3 is 0 Å². The molecular formula is C20H27F2N7O. The maximum atomic E-state index is 13.5. The fourth-order valence-electron chi connectivity index (χ4n) is 3.44. The van der Waals surface area contributed by atoms with Crippen LogP contribution in [0.2, 0.25) is 0 Å². The monoisotopic (exact) mass is 419 g/mol. The second kappa shape index (κ2) is 9.19. The third kappa shape index (κ3) is 5.52. The number of aryl methyl sites for hydroxylation is 2. The summed E-state index contributed by atoms with van der Waals surface area (Å²) in [6.45, 7) is 3.92. The van der Waals surface area contributed by atoms with E-state index in [9.17, 15) is 8.78 Å². The summed E-state index contributed by atoms with van der Waals surface area (Å²) in [6.07, 6.45) is 2.07. The molecule has 0 radical (unpaired) electrons. The topological polar surface area (TPSA) is 100 Å². The fourth-order valence-corrected chi connectivity index (χ4v) is 3.44. The highest BCUT2D eigenvalue weighted by molar-refractivity contribution is 5.48. The highest BCUT2D eigenvalue weighted by Gasteiger charge is 2.35. The van der Waals surface area contributed by atoms with E-state index in [2.05, 4.69) is 25.8 Å². The molecule has 1 aliphatic carbocycles.